The summed E-state index contributed by atoms with van der Waals surface area (Å²) < 4.78 is 8.41. The number of methoxy groups -OCH3 is 1. The maximum Gasteiger partial charge on any atom is 0.273 e. The Morgan fingerprint density at radius 2 is 1.95 bits per heavy atom. The molecule has 4 heterocycles. The average molecular weight is 604 g/mol. The highest BCUT2D eigenvalue weighted by Gasteiger charge is 2.37. The van der Waals surface area contributed by atoms with Crippen LogP contribution < -0.4 is 4.74 Å². The van der Waals surface area contributed by atoms with E-state index in [-0.39, 0.29) is 17.4 Å². The molecule has 0 fully saturated rings. The number of aromatic amines is 1. The summed E-state index contributed by atoms with van der Waals surface area (Å²) in [6.07, 6.45) is 0.760. The number of carbonyl (C=O) groups is 1. The molecule has 0 saturated carbocycles. The second-order valence-corrected chi connectivity index (χ2v) is 12.9. The van der Waals surface area contributed by atoms with Crippen LogP contribution in [0.4, 0.5) is 0 Å². The zero-order valence-corrected chi connectivity index (χ0v) is 24.9. The van der Waals surface area contributed by atoms with Crippen LogP contribution in [0.1, 0.15) is 64.7 Å². The Balaban J connectivity index is 1.46. The number of amides is 1. The van der Waals surface area contributed by atoms with Gasteiger partial charge in [0, 0.05) is 43.3 Å². The Morgan fingerprint density at radius 1 is 1.15 bits per heavy atom. The molecular formula is C31H31BrN4O2S. The number of halogens is 1. The monoisotopic (exact) mass is 602 g/mol. The first kappa shape index (κ1) is 25.9. The van der Waals surface area contributed by atoms with Crippen molar-refractivity contribution in [3.8, 4) is 5.75 Å². The number of carbonyl (C=O) groups excluding carboxylic acids is 1. The third-order valence-electron chi connectivity index (χ3n) is 7.39. The summed E-state index contributed by atoms with van der Waals surface area (Å²) in [5.41, 5.74) is 5.82. The van der Waals surface area contributed by atoms with Crippen LogP contribution in [0.3, 0.4) is 0 Å². The van der Waals surface area contributed by atoms with Gasteiger partial charge in [0.1, 0.15) is 17.5 Å². The molecule has 8 heteroatoms. The summed E-state index contributed by atoms with van der Waals surface area (Å²) in [5.74, 6) is 0.822. The predicted molar refractivity (Wildman–Crippen MR) is 160 cm³/mol. The lowest BCUT2D eigenvalue weighted by atomic mass is 9.92. The molecular weight excluding hydrogens is 572 g/mol. The van der Waals surface area contributed by atoms with Gasteiger partial charge in [0.15, 0.2) is 0 Å². The number of rotatable bonds is 5. The van der Waals surface area contributed by atoms with Gasteiger partial charge in [-0.15, -0.1) is 11.3 Å². The third kappa shape index (κ3) is 4.80. The van der Waals surface area contributed by atoms with E-state index < -0.39 is 0 Å². The van der Waals surface area contributed by atoms with Crippen molar-refractivity contribution in [1.29, 1.82) is 0 Å². The van der Waals surface area contributed by atoms with Crippen LogP contribution in [0.15, 0.2) is 70.5 Å². The maximum absolute atomic E-state index is 14.5. The number of nitrogens with zero attached hydrogens (tertiary/aromatic N) is 3. The quantitative estimate of drug-likeness (QED) is 0.229. The Morgan fingerprint density at radius 3 is 2.64 bits per heavy atom. The van der Waals surface area contributed by atoms with Gasteiger partial charge in [-0.1, -0.05) is 51.1 Å². The van der Waals surface area contributed by atoms with E-state index in [4.69, 9.17) is 9.84 Å². The fraction of sp³-hybridized carbons (Fsp3) is 0.290. The minimum Gasteiger partial charge on any atom is -0.497 e. The number of aromatic nitrogens is 3. The standard InChI is InChI=1S/C31H31BrN4O2S/c1-31(2,3)27-16-25(36(34-27)17-19-8-6-5-7-9-19)30(37)35-13-12-22-23-15-21(38-4)10-11-24(23)33-28(22)29(35)26-14-20(32)18-39-26/h5-11,14-16,18,29,33H,12-13,17H2,1-4H3/t29-/m0/s1. The molecule has 5 aromatic rings. The van der Waals surface area contributed by atoms with Gasteiger partial charge in [0.2, 0.25) is 0 Å². The van der Waals surface area contributed by atoms with Gasteiger partial charge in [-0.3, -0.25) is 9.48 Å². The van der Waals surface area contributed by atoms with Crippen LogP contribution >= 0.6 is 27.3 Å². The van der Waals surface area contributed by atoms with Crippen molar-refractivity contribution < 1.29 is 9.53 Å². The molecule has 3 aromatic heterocycles. The molecule has 1 aliphatic rings. The molecule has 1 N–H and O–H groups in total. The molecule has 0 spiro atoms. The van der Waals surface area contributed by atoms with Crippen LogP contribution in [0.25, 0.3) is 10.9 Å². The Hall–Kier alpha value is -3.36. The Kier molecular flexibility index (Phi) is 6.63. The van der Waals surface area contributed by atoms with Crippen molar-refractivity contribution in [1.82, 2.24) is 19.7 Å². The van der Waals surface area contributed by atoms with Crippen molar-refractivity contribution >= 4 is 44.1 Å². The topological polar surface area (TPSA) is 63.1 Å². The zero-order chi connectivity index (χ0) is 27.3. The van der Waals surface area contributed by atoms with Gasteiger partial charge in [-0.2, -0.15) is 5.10 Å². The largest absolute Gasteiger partial charge is 0.497 e. The number of nitrogens with one attached hydrogen (secondary N) is 1. The smallest absolute Gasteiger partial charge is 0.273 e. The van der Waals surface area contributed by atoms with E-state index >= 15 is 0 Å². The number of fused-ring (bicyclic) bond motifs is 3. The molecule has 1 amide bonds. The summed E-state index contributed by atoms with van der Waals surface area (Å²) in [5, 5.41) is 8.17. The second-order valence-electron chi connectivity index (χ2n) is 11.1. The fourth-order valence-corrected chi connectivity index (χ4v) is 6.92. The normalized spacial score (nSPS) is 15.5. The molecule has 0 unspecified atom stereocenters. The number of H-pyrrole nitrogens is 1. The molecule has 6 nitrogen and oxygen atoms in total. The van der Waals surface area contributed by atoms with E-state index in [0.717, 1.165) is 49.4 Å². The van der Waals surface area contributed by atoms with Crippen molar-refractivity contribution in [3.63, 3.8) is 0 Å². The van der Waals surface area contributed by atoms with Crippen LogP contribution in [-0.4, -0.2) is 39.2 Å². The Bertz CT molecular complexity index is 1660. The minimum atomic E-state index is -0.228. The minimum absolute atomic E-state index is 0.00894. The average Bonchev–Trinajstić information content (AvgIpc) is 3.64. The van der Waals surface area contributed by atoms with Crippen LogP contribution in [0, 0.1) is 0 Å². The number of hydrogen-bond acceptors (Lipinski definition) is 4. The van der Waals surface area contributed by atoms with Gasteiger partial charge in [-0.05, 0) is 63.8 Å². The third-order valence-corrected chi connectivity index (χ3v) is 9.14. The van der Waals surface area contributed by atoms with Crippen molar-refractivity contribution in [2.45, 2.75) is 45.2 Å². The SMILES string of the molecule is COc1ccc2[nH]c3c(c2c1)CCN(C(=O)c1cc(C(C)(C)C)nn1Cc1ccccc1)[C@H]3c1cc(Br)cs1. The fourth-order valence-electron chi connectivity index (χ4n) is 5.36. The second kappa shape index (κ2) is 9.99. The van der Waals surface area contributed by atoms with Gasteiger partial charge in [0.05, 0.1) is 19.3 Å². The number of hydrogen-bond donors (Lipinski definition) is 1. The molecule has 39 heavy (non-hydrogen) atoms. The first-order chi connectivity index (χ1) is 18.7. The Labute approximate surface area is 240 Å². The summed E-state index contributed by atoms with van der Waals surface area (Å²) in [4.78, 5) is 21.3. The van der Waals surface area contributed by atoms with E-state index in [1.807, 2.05) is 39.9 Å². The summed E-state index contributed by atoms with van der Waals surface area (Å²) in [7, 11) is 1.69. The van der Waals surface area contributed by atoms with Crippen LogP contribution in [-0.2, 0) is 18.4 Å². The van der Waals surface area contributed by atoms with Gasteiger partial charge < -0.3 is 14.6 Å². The summed E-state index contributed by atoms with van der Waals surface area (Å²) in [6.45, 7) is 7.55. The highest BCUT2D eigenvalue weighted by molar-refractivity contribution is 9.10. The van der Waals surface area contributed by atoms with Crippen LogP contribution in [0.2, 0.25) is 0 Å². The molecule has 2 aromatic carbocycles. The number of thiophene rings is 1. The predicted octanol–water partition coefficient (Wildman–Crippen LogP) is 7.33. The molecule has 200 valence electrons. The molecule has 0 radical (unpaired) electrons. The van der Waals surface area contributed by atoms with Crippen molar-refractivity contribution in [3.05, 3.63) is 104 Å². The molecule has 6 rings (SSSR count). The van der Waals surface area contributed by atoms with E-state index in [1.54, 1.807) is 18.4 Å². The number of benzene rings is 2. The maximum atomic E-state index is 14.5. The first-order valence-corrected chi connectivity index (χ1v) is 14.8. The van der Waals surface area contributed by atoms with E-state index in [2.05, 4.69) is 77.4 Å². The highest BCUT2D eigenvalue weighted by atomic mass is 79.9. The van der Waals surface area contributed by atoms with E-state index in [9.17, 15) is 4.79 Å². The van der Waals surface area contributed by atoms with Gasteiger partial charge >= 0.3 is 0 Å². The molecule has 1 aliphatic heterocycles. The van der Waals surface area contributed by atoms with Gasteiger partial charge in [-0.25, -0.2) is 0 Å². The molecule has 1 atom stereocenters. The lowest BCUT2D eigenvalue weighted by molar-refractivity contribution is 0.0682. The molecule has 0 aliphatic carbocycles. The van der Waals surface area contributed by atoms with E-state index in [0.29, 0.717) is 18.8 Å². The van der Waals surface area contributed by atoms with Crippen LogP contribution in [0.5, 0.6) is 5.75 Å². The number of ether oxygens (including phenoxy) is 1. The lowest BCUT2D eigenvalue weighted by Gasteiger charge is -2.35. The lowest BCUT2D eigenvalue weighted by Crippen LogP contribution is -2.41. The molecule has 0 saturated heterocycles. The molecule has 0 bridgehead atoms. The van der Waals surface area contributed by atoms with E-state index in [1.165, 1.54) is 5.56 Å². The van der Waals surface area contributed by atoms with Gasteiger partial charge in [0.25, 0.3) is 5.91 Å². The van der Waals surface area contributed by atoms with Crippen molar-refractivity contribution in [2.24, 2.45) is 0 Å². The van der Waals surface area contributed by atoms with Crippen molar-refractivity contribution in [2.75, 3.05) is 13.7 Å². The zero-order valence-electron chi connectivity index (χ0n) is 22.5. The first-order valence-electron chi connectivity index (χ1n) is 13.1. The summed E-state index contributed by atoms with van der Waals surface area (Å²) in [6, 6.07) is 20.2. The highest BCUT2D eigenvalue weighted by Crippen LogP contribution is 2.42. The summed E-state index contributed by atoms with van der Waals surface area (Å²) >= 11 is 5.30.